The van der Waals surface area contributed by atoms with Crippen molar-refractivity contribution in [3.8, 4) is 0 Å². The van der Waals surface area contributed by atoms with Crippen molar-refractivity contribution < 1.29 is 24.5 Å². The van der Waals surface area contributed by atoms with Crippen molar-refractivity contribution in [3.05, 3.63) is 81.1 Å². The fraction of sp³-hybridized carbons (Fsp3) is 0.417. The Morgan fingerprint density at radius 2 is 1.92 bits per heavy atom. The molecule has 0 radical (unpaired) electrons. The van der Waals surface area contributed by atoms with E-state index in [1.165, 1.54) is 0 Å². The smallest absolute Gasteiger partial charge is 0.330 e. The molecule has 0 unspecified atom stereocenters. The SMILES string of the molecule is CCCn1cnnc1CNC(=O)[C@@H](Cc1ccccc1)NC(=O)[C@H]1O[C@@H](n2ccc(=O)[nH]c2=O)[C@H](O)[C@@H]1O. The number of H-pyrrole nitrogens is 1. The van der Waals surface area contributed by atoms with Gasteiger partial charge < -0.3 is 30.2 Å². The van der Waals surface area contributed by atoms with E-state index in [2.05, 4.69) is 20.8 Å². The number of amides is 2. The number of ether oxygens (including phenoxy) is 1. The molecule has 0 aliphatic carbocycles. The van der Waals surface area contributed by atoms with Gasteiger partial charge in [-0.2, -0.15) is 0 Å². The maximum atomic E-state index is 13.2. The molecule has 5 atom stereocenters. The van der Waals surface area contributed by atoms with Crippen LogP contribution in [-0.2, 0) is 33.8 Å². The third kappa shape index (κ3) is 6.04. The Morgan fingerprint density at radius 3 is 2.63 bits per heavy atom. The summed E-state index contributed by atoms with van der Waals surface area (Å²) in [6.07, 6.45) is -2.73. The Hall–Kier alpha value is -4.14. The summed E-state index contributed by atoms with van der Waals surface area (Å²) in [6, 6.07) is 8.99. The van der Waals surface area contributed by atoms with Crippen LogP contribution in [0.15, 0.2) is 58.5 Å². The lowest BCUT2D eigenvalue weighted by atomic mass is 10.0. The number of carbonyl (C=O) groups excluding carboxylic acids is 2. The predicted octanol–water partition coefficient (Wildman–Crippen LogP) is -1.80. The van der Waals surface area contributed by atoms with Gasteiger partial charge in [-0.1, -0.05) is 37.3 Å². The predicted molar refractivity (Wildman–Crippen MR) is 131 cm³/mol. The first kappa shape index (κ1) is 26.9. The van der Waals surface area contributed by atoms with Crippen LogP contribution in [0.3, 0.4) is 0 Å². The highest BCUT2D eigenvalue weighted by Gasteiger charge is 2.48. The van der Waals surface area contributed by atoms with Gasteiger partial charge in [0, 0.05) is 25.2 Å². The minimum Gasteiger partial charge on any atom is -0.387 e. The molecule has 2 aromatic heterocycles. The molecule has 5 N–H and O–H groups in total. The fourth-order valence-electron chi connectivity index (χ4n) is 4.18. The second-order valence-electron chi connectivity index (χ2n) is 8.86. The van der Waals surface area contributed by atoms with Crippen LogP contribution in [-0.4, -0.2) is 70.7 Å². The summed E-state index contributed by atoms with van der Waals surface area (Å²) < 4.78 is 8.20. The molecule has 3 heterocycles. The highest BCUT2D eigenvalue weighted by atomic mass is 16.6. The first-order valence-electron chi connectivity index (χ1n) is 12.1. The molecule has 202 valence electrons. The molecule has 1 aliphatic rings. The molecular formula is C24H29N7O7. The van der Waals surface area contributed by atoms with Gasteiger partial charge in [0.05, 0.1) is 6.54 Å². The zero-order valence-corrected chi connectivity index (χ0v) is 20.6. The second-order valence-corrected chi connectivity index (χ2v) is 8.86. The first-order valence-corrected chi connectivity index (χ1v) is 12.1. The molecule has 0 saturated carbocycles. The normalized spacial score (nSPS) is 21.7. The third-order valence-corrected chi connectivity index (χ3v) is 6.12. The summed E-state index contributed by atoms with van der Waals surface area (Å²) in [4.78, 5) is 51.8. The van der Waals surface area contributed by atoms with Gasteiger partial charge in [0.1, 0.15) is 24.6 Å². The van der Waals surface area contributed by atoms with Crippen LogP contribution in [0.5, 0.6) is 0 Å². The maximum Gasteiger partial charge on any atom is 0.330 e. The summed E-state index contributed by atoms with van der Waals surface area (Å²) in [5.41, 5.74) is -0.768. The minimum absolute atomic E-state index is 0.0818. The van der Waals surface area contributed by atoms with Crippen molar-refractivity contribution in [1.82, 2.24) is 34.9 Å². The van der Waals surface area contributed by atoms with Crippen molar-refractivity contribution >= 4 is 11.8 Å². The topological polar surface area (TPSA) is 193 Å². The molecule has 2 amide bonds. The number of aromatic nitrogens is 5. The lowest BCUT2D eigenvalue weighted by Crippen LogP contribution is -2.52. The Kier molecular flexibility index (Phi) is 8.45. The molecule has 1 fully saturated rings. The molecule has 1 saturated heterocycles. The number of carbonyl (C=O) groups is 2. The fourth-order valence-corrected chi connectivity index (χ4v) is 4.18. The van der Waals surface area contributed by atoms with E-state index in [1.807, 2.05) is 22.5 Å². The standard InChI is InChI=1S/C24H29N7O7/c1-2-9-30-13-26-29-16(30)12-25-21(35)15(11-14-6-4-3-5-7-14)27-22(36)20-18(33)19(34)23(38-20)31-10-8-17(32)28-24(31)37/h3-8,10,13,15,18-20,23,33-34H,2,9,11-12H2,1H3,(H,25,35)(H,27,36)(H,28,32,37)/t15-,18+,19-,20+,23-/m1/s1. The van der Waals surface area contributed by atoms with Gasteiger partial charge in [0.25, 0.3) is 11.5 Å². The molecule has 0 spiro atoms. The van der Waals surface area contributed by atoms with Gasteiger partial charge in [-0.25, -0.2) is 4.79 Å². The van der Waals surface area contributed by atoms with Crippen molar-refractivity contribution in [1.29, 1.82) is 0 Å². The number of aliphatic hydroxyl groups is 2. The highest BCUT2D eigenvalue weighted by molar-refractivity contribution is 5.90. The van der Waals surface area contributed by atoms with E-state index in [0.717, 1.165) is 28.8 Å². The Balaban J connectivity index is 1.49. The van der Waals surface area contributed by atoms with Gasteiger partial charge in [0.2, 0.25) is 5.91 Å². The number of aryl methyl sites for hydroxylation is 1. The van der Waals surface area contributed by atoms with Crippen LogP contribution in [0.2, 0.25) is 0 Å². The molecule has 1 aliphatic heterocycles. The van der Waals surface area contributed by atoms with E-state index >= 15 is 0 Å². The molecule has 38 heavy (non-hydrogen) atoms. The molecule has 0 bridgehead atoms. The van der Waals surface area contributed by atoms with Crippen LogP contribution in [0.25, 0.3) is 0 Å². The van der Waals surface area contributed by atoms with Crippen LogP contribution in [0.1, 0.15) is 31.0 Å². The number of nitrogens with one attached hydrogen (secondary N) is 3. The average Bonchev–Trinajstić information content (AvgIpc) is 3.47. The lowest BCUT2D eigenvalue weighted by molar-refractivity contribution is -0.141. The summed E-state index contributed by atoms with van der Waals surface area (Å²) in [5, 5.41) is 34.2. The van der Waals surface area contributed by atoms with Gasteiger partial charge in [0.15, 0.2) is 18.2 Å². The monoisotopic (exact) mass is 527 g/mol. The molecule has 14 nitrogen and oxygen atoms in total. The quantitative estimate of drug-likeness (QED) is 0.202. The maximum absolute atomic E-state index is 13.2. The zero-order chi connectivity index (χ0) is 27.2. The molecule has 4 rings (SSSR count). The largest absolute Gasteiger partial charge is 0.387 e. The molecule has 3 aromatic rings. The molecular weight excluding hydrogens is 498 g/mol. The lowest BCUT2D eigenvalue weighted by Gasteiger charge is -2.22. The van der Waals surface area contributed by atoms with Gasteiger partial charge >= 0.3 is 5.69 Å². The summed E-state index contributed by atoms with van der Waals surface area (Å²) in [7, 11) is 0. The zero-order valence-electron chi connectivity index (χ0n) is 20.6. The number of hydrogen-bond donors (Lipinski definition) is 5. The van der Waals surface area contributed by atoms with Crippen LogP contribution >= 0.6 is 0 Å². The summed E-state index contributed by atoms with van der Waals surface area (Å²) in [5.74, 6) is -0.812. The Morgan fingerprint density at radius 1 is 1.16 bits per heavy atom. The Labute approximate surface area is 216 Å². The van der Waals surface area contributed by atoms with Crippen molar-refractivity contribution in [2.75, 3.05) is 0 Å². The number of benzene rings is 1. The third-order valence-electron chi connectivity index (χ3n) is 6.12. The molecule has 1 aromatic carbocycles. The summed E-state index contributed by atoms with van der Waals surface area (Å²) in [6.45, 7) is 2.77. The first-order chi connectivity index (χ1) is 18.3. The van der Waals surface area contributed by atoms with E-state index in [9.17, 15) is 29.4 Å². The number of aromatic amines is 1. The van der Waals surface area contributed by atoms with Crippen molar-refractivity contribution in [3.63, 3.8) is 0 Å². The Bertz CT molecular complexity index is 1370. The minimum atomic E-state index is -1.70. The average molecular weight is 528 g/mol. The second kappa shape index (κ2) is 11.9. The number of rotatable bonds is 10. The highest BCUT2D eigenvalue weighted by Crippen LogP contribution is 2.28. The van der Waals surface area contributed by atoms with E-state index in [4.69, 9.17) is 4.74 Å². The van der Waals surface area contributed by atoms with Crippen LogP contribution < -0.4 is 21.9 Å². The van der Waals surface area contributed by atoms with Crippen LogP contribution in [0, 0.1) is 0 Å². The van der Waals surface area contributed by atoms with Crippen molar-refractivity contribution in [2.45, 2.75) is 63.4 Å². The van der Waals surface area contributed by atoms with E-state index < -0.39 is 53.6 Å². The number of aliphatic hydroxyl groups excluding tert-OH is 2. The van der Waals surface area contributed by atoms with Gasteiger partial charge in [-0.15, -0.1) is 10.2 Å². The van der Waals surface area contributed by atoms with E-state index in [-0.39, 0.29) is 13.0 Å². The van der Waals surface area contributed by atoms with Crippen LogP contribution in [0.4, 0.5) is 0 Å². The molecule has 14 heteroatoms. The number of nitrogens with zero attached hydrogens (tertiary/aromatic N) is 4. The van der Waals surface area contributed by atoms with Gasteiger partial charge in [-0.05, 0) is 12.0 Å². The summed E-state index contributed by atoms with van der Waals surface area (Å²) >= 11 is 0. The van der Waals surface area contributed by atoms with Crippen molar-refractivity contribution in [2.24, 2.45) is 0 Å². The van der Waals surface area contributed by atoms with Gasteiger partial charge in [-0.3, -0.25) is 23.9 Å². The van der Waals surface area contributed by atoms with E-state index in [0.29, 0.717) is 12.4 Å². The number of hydrogen-bond acceptors (Lipinski definition) is 9. The van der Waals surface area contributed by atoms with E-state index in [1.54, 1.807) is 30.6 Å².